The average molecular weight is 251 g/mol. The molecule has 0 radical (unpaired) electrons. The standard InChI is InChI=1S/C11H11ClN4O/c12-8-3-1-2-7(4-8)6-16-10(13)9(5-15-16)11(14)17/h1-5H,6,13H2,(H2,14,17). The van der Waals surface area contributed by atoms with Gasteiger partial charge in [-0.3, -0.25) is 4.79 Å². The number of aromatic nitrogens is 2. The fourth-order valence-corrected chi connectivity index (χ4v) is 1.73. The van der Waals surface area contributed by atoms with E-state index < -0.39 is 5.91 Å². The Balaban J connectivity index is 2.28. The zero-order chi connectivity index (χ0) is 12.4. The number of anilines is 1. The number of benzene rings is 1. The highest BCUT2D eigenvalue weighted by atomic mass is 35.5. The Morgan fingerprint density at radius 2 is 2.24 bits per heavy atom. The van der Waals surface area contributed by atoms with Gasteiger partial charge in [0, 0.05) is 5.02 Å². The van der Waals surface area contributed by atoms with Crippen LogP contribution in [0.3, 0.4) is 0 Å². The van der Waals surface area contributed by atoms with Crippen molar-refractivity contribution >= 4 is 23.3 Å². The van der Waals surface area contributed by atoms with Gasteiger partial charge in [0.05, 0.1) is 12.7 Å². The number of primary amides is 1. The number of amides is 1. The Labute approximate surface area is 103 Å². The van der Waals surface area contributed by atoms with Gasteiger partial charge in [-0.25, -0.2) is 4.68 Å². The van der Waals surface area contributed by atoms with E-state index in [9.17, 15) is 4.79 Å². The van der Waals surface area contributed by atoms with Gasteiger partial charge in [0.15, 0.2) is 0 Å². The van der Waals surface area contributed by atoms with Gasteiger partial charge in [0.25, 0.3) is 5.91 Å². The number of nitrogen functional groups attached to an aromatic ring is 1. The number of nitrogens with zero attached hydrogens (tertiary/aromatic N) is 2. The van der Waals surface area contributed by atoms with Crippen LogP contribution in [0.1, 0.15) is 15.9 Å². The van der Waals surface area contributed by atoms with Crippen molar-refractivity contribution < 1.29 is 4.79 Å². The van der Waals surface area contributed by atoms with Gasteiger partial charge in [-0.1, -0.05) is 23.7 Å². The molecule has 0 fully saturated rings. The van der Waals surface area contributed by atoms with Crippen LogP contribution in [0.5, 0.6) is 0 Å². The number of rotatable bonds is 3. The highest BCUT2D eigenvalue weighted by Gasteiger charge is 2.12. The minimum absolute atomic E-state index is 0.229. The Hall–Kier alpha value is -2.01. The Morgan fingerprint density at radius 1 is 1.47 bits per heavy atom. The smallest absolute Gasteiger partial charge is 0.254 e. The van der Waals surface area contributed by atoms with E-state index in [0.29, 0.717) is 11.6 Å². The summed E-state index contributed by atoms with van der Waals surface area (Å²) in [6, 6.07) is 7.34. The van der Waals surface area contributed by atoms with Crippen molar-refractivity contribution in [1.82, 2.24) is 9.78 Å². The van der Waals surface area contributed by atoms with Crippen molar-refractivity contribution in [2.24, 2.45) is 5.73 Å². The van der Waals surface area contributed by atoms with Crippen LogP contribution >= 0.6 is 11.6 Å². The molecule has 1 aromatic heterocycles. The predicted octanol–water partition coefficient (Wildman–Crippen LogP) is 1.27. The molecule has 0 bridgehead atoms. The summed E-state index contributed by atoms with van der Waals surface area (Å²) in [6.45, 7) is 0.444. The van der Waals surface area contributed by atoms with Crippen LogP contribution in [0.2, 0.25) is 5.02 Å². The molecule has 0 saturated heterocycles. The quantitative estimate of drug-likeness (QED) is 0.860. The summed E-state index contributed by atoms with van der Waals surface area (Å²) in [5.74, 6) is -0.322. The maximum Gasteiger partial charge on any atom is 0.254 e. The predicted molar refractivity (Wildman–Crippen MR) is 65.7 cm³/mol. The molecule has 5 nitrogen and oxygen atoms in total. The molecule has 4 N–H and O–H groups in total. The van der Waals surface area contributed by atoms with E-state index in [0.717, 1.165) is 5.56 Å². The first-order valence-electron chi connectivity index (χ1n) is 4.93. The van der Waals surface area contributed by atoms with E-state index in [4.69, 9.17) is 23.1 Å². The molecule has 0 spiro atoms. The molecule has 2 rings (SSSR count). The lowest BCUT2D eigenvalue weighted by molar-refractivity contribution is 0.100. The van der Waals surface area contributed by atoms with E-state index >= 15 is 0 Å². The third-order valence-corrected chi connectivity index (χ3v) is 2.60. The summed E-state index contributed by atoms with van der Waals surface area (Å²) in [5.41, 5.74) is 12.1. The van der Waals surface area contributed by atoms with Crippen molar-refractivity contribution in [2.45, 2.75) is 6.54 Å². The normalized spacial score (nSPS) is 10.4. The maximum absolute atomic E-state index is 11.0. The van der Waals surface area contributed by atoms with Crippen LogP contribution in [-0.2, 0) is 6.54 Å². The topological polar surface area (TPSA) is 86.9 Å². The highest BCUT2D eigenvalue weighted by molar-refractivity contribution is 6.30. The average Bonchev–Trinajstić information content (AvgIpc) is 2.61. The summed E-state index contributed by atoms with van der Waals surface area (Å²) in [7, 11) is 0. The Kier molecular flexibility index (Phi) is 3.01. The Morgan fingerprint density at radius 3 is 2.82 bits per heavy atom. The molecular weight excluding hydrogens is 240 g/mol. The van der Waals surface area contributed by atoms with E-state index in [1.54, 1.807) is 6.07 Å². The summed E-state index contributed by atoms with van der Waals surface area (Å²) in [6.07, 6.45) is 1.36. The molecular formula is C11H11ClN4O. The molecule has 0 atom stereocenters. The zero-order valence-electron chi connectivity index (χ0n) is 8.93. The van der Waals surface area contributed by atoms with Crippen LogP contribution in [0.4, 0.5) is 5.82 Å². The van der Waals surface area contributed by atoms with Crippen LogP contribution in [0.15, 0.2) is 30.5 Å². The number of halogens is 1. The molecule has 0 aliphatic rings. The first-order chi connectivity index (χ1) is 8.08. The molecule has 1 amide bonds. The fourth-order valence-electron chi connectivity index (χ4n) is 1.52. The molecule has 1 aromatic carbocycles. The second kappa shape index (κ2) is 4.47. The van der Waals surface area contributed by atoms with E-state index in [1.807, 2.05) is 18.2 Å². The van der Waals surface area contributed by atoms with Gasteiger partial charge in [-0.05, 0) is 17.7 Å². The molecule has 17 heavy (non-hydrogen) atoms. The SMILES string of the molecule is NC(=O)c1cnn(Cc2cccc(Cl)c2)c1N. The van der Waals surface area contributed by atoms with Gasteiger partial charge in [-0.15, -0.1) is 0 Å². The van der Waals surface area contributed by atoms with Crippen LogP contribution in [-0.4, -0.2) is 15.7 Å². The van der Waals surface area contributed by atoms with Crippen molar-refractivity contribution in [2.75, 3.05) is 5.73 Å². The second-order valence-corrected chi connectivity index (χ2v) is 4.03. The summed E-state index contributed by atoms with van der Waals surface area (Å²) in [5, 5.41) is 4.65. The minimum Gasteiger partial charge on any atom is -0.383 e. The lowest BCUT2D eigenvalue weighted by Crippen LogP contribution is -2.14. The molecule has 0 saturated carbocycles. The van der Waals surface area contributed by atoms with Gasteiger partial charge >= 0.3 is 0 Å². The van der Waals surface area contributed by atoms with Crippen molar-refractivity contribution in [3.63, 3.8) is 0 Å². The summed E-state index contributed by atoms with van der Waals surface area (Å²) >= 11 is 5.87. The first-order valence-corrected chi connectivity index (χ1v) is 5.31. The van der Waals surface area contributed by atoms with Crippen molar-refractivity contribution in [3.8, 4) is 0 Å². The minimum atomic E-state index is -0.583. The molecule has 88 valence electrons. The van der Waals surface area contributed by atoms with Crippen LogP contribution in [0.25, 0.3) is 0 Å². The van der Waals surface area contributed by atoms with E-state index in [2.05, 4.69) is 5.10 Å². The van der Waals surface area contributed by atoms with Crippen LogP contribution in [0, 0.1) is 0 Å². The fraction of sp³-hybridized carbons (Fsp3) is 0.0909. The molecule has 0 unspecified atom stereocenters. The molecule has 0 aliphatic carbocycles. The summed E-state index contributed by atoms with van der Waals surface area (Å²) in [4.78, 5) is 11.0. The number of carbonyl (C=O) groups is 1. The lowest BCUT2D eigenvalue weighted by Gasteiger charge is -2.05. The molecule has 6 heteroatoms. The zero-order valence-corrected chi connectivity index (χ0v) is 9.69. The third-order valence-electron chi connectivity index (χ3n) is 2.37. The number of nitrogens with two attached hydrogens (primary N) is 2. The monoisotopic (exact) mass is 250 g/mol. The van der Waals surface area contributed by atoms with Crippen molar-refractivity contribution in [3.05, 3.63) is 46.6 Å². The number of carbonyl (C=O) groups excluding carboxylic acids is 1. The highest BCUT2D eigenvalue weighted by Crippen LogP contribution is 2.15. The van der Waals surface area contributed by atoms with Gasteiger partial charge in [0.1, 0.15) is 11.4 Å². The summed E-state index contributed by atoms with van der Waals surface area (Å²) < 4.78 is 1.51. The molecule has 1 heterocycles. The van der Waals surface area contributed by atoms with Gasteiger partial charge < -0.3 is 11.5 Å². The van der Waals surface area contributed by atoms with Gasteiger partial charge in [-0.2, -0.15) is 5.10 Å². The molecule has 0 aliphatic heterocycles. The number of hydrogen-bond acceptors (Lipinski definition) is 3. The second-order valence-electron chi connectivity index (χ2n) is 3.60. The van der Waals surface area contributed by atoms with Crippen LogP contribution < -0.4 is 11.5 Å². The largest absolute Gasteiger partial charge is 0.383 e. The maximum atomic E-state index is 11.0. The lowest BCUT2D eigenvalue weighted by atomic mass is 10.2. The first kappa shape index (κ1) is 11.5. The Bertz CT molecular complexity index is 564. The number of hydrogen-bond donors (Lipinski definition) is 2. The third kappa shape index (κ3) is 2.39. The van der Waals surface area contributed by atoms with E-state index in [-0.39, 0.29) is 11.4 Å². The molecule has 2 aromatic rings. The van der Waals surface area contributed by atoms with Gasteiger partial charge in [0.2, 0.25) is 0 Å². The van der Waals surface area contributed by atoms with Crippen molar-refractivity contribution in [1.29, 1.82) is 0 Å². The van der Waals surface area contributed by atoms with E-state index in [1.165, 1.54) is 10.9 Å².